The Kier molecular flexibility index (Phi) is 5.09. The lowest BCUT2D eigenvalue weighted by atomic mass is 10.0. The summed E-state index contributed by atoms with van der Waals surface area (Å²) in [6, 6.07) is 12.2. The highest BCUT2D eigenvalue weighted by atomic mass is 35.5. The number of rotatable bonds is 5. The van der Waals surface area contributed by atoms with E-state index in [4.69, 9.17) is 11.6 Å². The summed E-state index contributed by atoms with van der Waals surface area (Å²) in [6.07, 6.45) is 1.63. The van der Waals surface area contributed by atoms with Crippen molar-refractivity contribution in [1.29, 1.82) is 0 Å². The Morgan fingerprint density at radius 1 is 1.12 bits per heavy atom. The third-order valence-corrected chi connectivity index (χ3v) is 3.77. The van der Waals surface area contributed by atoms with E-state index in [1.807, 2.05) is 0 Å². The summed E-state index contributed by atoms with van der Waals surface area (Å²) >= 11 is 5.92. The number of hydrogen-bond acceptors (Lipinski definition) is 5. The molecule has 3 aromatic rings. The van der Waals surface area contributed by atoms with Gasteiger partial charge in [0.15, 0.2) is 11.6 Å². The molecule has 1 heterocycles. The number of carbonyl (C=O) groups excluding carboxylic acids is 1. The molecule has 3 rings (SSSR count). The first-order valence-electron chi connectivity index (χ1n) is 7.69. The minimum atomic E-state index is -0.411. The molecule has 1 aromatic heterocycles. The van der Waals surface area contributed by atoms with Crippen molar-refractivity contribution in [1.82, 2.24) is 25.1 Å². The molecular weight excluding hydrogens is 357 g/mol. The number of allylic oxidation sites excluding steroid dienone is 1. The number of benzene rings is 2. The van der Waals surface area contributed by atoms with Crippen LogP contribution >= 0.6 is 11.6 Å². The number of hydrogen-bond donors (Lipinski definition) is 0. The molecule has 0 bridgehead atoms. The topological polar surface area (TPSA) is 63.9 Å². The molecule has 0 aliphatic rings. The minimum absolute atomic E-state index is 0.273. The second-order valence-corrected chi connectivity index (χ2v) is 6.17. The molecule has 0 unspecified atom stereocenters. The molecule has 6 nitrogen and oxygen atoms in total. The van der Waals surface area contributed by atoms with Crippen LogP contribution in [0.2, 0.25) is 5.02 Å². The number of ketones is 1. The molecule has 0 atom stereocenters. The Bertz CT molecular complexity index is 948. The van der Waals surface area contributed by atoms with Crippen LogP contribution in [-0.4, -0.2) is 45.0 Å². The molecule has 0 amide bonds. The molecule has 0 aliphatic heterocycles. The summed E-state index contributed by atoms with van der Waals surface area (Å²) in [5.41, 5.74) is 1.28. The zero-order valence-corrected chi connectivity index (χ0v) is 14.9. The van der Waals surface area contributed by atoms with Crippen LogP contribution in [0.4, 0.5) is 4.39 Å². The standard InChI is InChI=1S/C18H15ClFN5O/c1-24(2)11-16(17(26)12-3-7-14(20)8-4-12)18-21-22-23-25(18)15-9-5-13(19)6-10-15/h3-11H,1-2H3/b16-11+. The Balaban J connectivity index is 2.08. The fourth-order valence-electron chi connectivity index (χ4n) is 2.34. The van der Waals surface area contributed by atoms with Gasteiger partial charge in [-0.3, -0.25) is 4.79 Å². The smallest absolute Gasteiger partial charge is 0.198 e. The van der Waals surface area contributed by atoms with Crippen LogP contribution in [0.15, 0.2) is 54.7 Å². The molecule has 0 fully saturated rings. The van der Waals surface area contributed by atoms with Gasteiger partial charge in [0.05, 0.1) is 11.3 Å². The van der Waals surface area contributed by atoms with E-state index in [1.165, 1.54) is 28.9 Å². The molecule has 8 heteroatoms. The van der Waals surface area contributed by atoms with E-state index < -0.39 is 5.82 Å². The molecular formula is C18H15ClFN5O. The van der Waals surface area contributed by atoms with Crippen LogP contribution < -0.4 is 0 Å². The van der Waals surface area contributed by atoms with Gasteiger partial charge in [-0.15, -0.1) is 5.10 Å². The molecule has 0 spiro atoms. The van der Waals surface area contributed by atoms with E-state index in [0.717, 1.165) is 0 Å². The maximum atomic E-state index is 13.2. The second kappa shape index (κ2) is 7.45. The highest BCUT2D eigenvalue weighted by molar-refractivity contribution is 6.30. The van der Waals surface area contributed by atoms with Crippen molar-refractivity contribution in [3.63, 3.8) is 0 Å². The Morgan fingerprint density at radius 3 is 2.38 bits per heavy atom. The number of carbonyl (C=O) groups is 1. The van der Waals surface area contributed by atoms with Crippen LogP contribution in [-0.2, 0) is 0 Å². The average Bonchev–Trinajstić information content (AvgIpc) is 3.09. The van der Waals surface area contributed by atoms with Crippen molar-refractivity contribution in [3.05, 3.63) is 77.0 Å². The van der Waals surface area contributed by atoms with Crippen LogP contribution in [0.3, 0.4) is 0 Å². The van der Waals surface area contributed by atoms with Crippen LogP contribution in [0.25, 0.3) is 11.3 Å². The molecule has 26 heavy (non-hydrogen) atoms. The predicted molar refractivity (Wildman–Crippen MR) is 96.6 cm³/mol. The quantitative estimate of drug-likeness (QED) is 0.509. The lowest BCUT2D eigenvalue weighted by Gasteiger charge is -2.12. The third kappa shape index (κ3) is 3.78. The first-order chi connectivity index (χ1) is 12.5. The van der Waals surface area contributed by atoms with E-state index >= 15 is 0 Å². The van der Waals surface area contributed by atoms with Gasteiger partial charge in [0.25, 0.3) is 0 Å². The van der Waals surface area contributed by atoms with Crippen molar-refractivity contribution in [2.24, 2.45) is 0 Å². The first kappa shape index (κ1) is 17.8. The van der Waals surface area contributed by atoms with Gasteiger partial charge >= 0.3 is 0 Å². The maximum absolute atomic E-state index is 13.2. The fourth-order valence-corrected chi connectivity index (χ4v) is 2.47. The van der Waals surface area contributed by atoms with Crippen molar-refractivity contribution in [3.8, 4) is 5.69 Å². The second-order valence-electron chi connectivity index (χ2n) is 5.73. The Morgan fingerprint density at radius 2 is 1.77 bits per heavy atom. The highest BCUT2D eigenvalue weighted by Crippen LogP contribution is 2.22. The van der Waals surface area contributed by atoms with E-state index in [9.17, 15) is 9.18 Å². The summed E-state index contributed by atoms with van der Waals surface area (Å²) < 4.78 is 14.6. The summed E-state index contributed by atoms with van der Waals surface area (Å²) in [5.74, 6) is -0.454. The molecule has 0 N–H and O–H groups in total. The van der Waals surface area contributed by atoms with Gasteiger partial charge in [-0.1, -0.05) is 11.6 Å². The average molecular weight is 372 g/mol. The van der Waals surface area contributed by atoms with E-state index in [-0.39, 0.29) is 17.2 Å². The van der Waals surface area contributed by atoms with E-state index in [1.54, 1.807) is 49.5 Å². The van der Waals surface area contributed by atoms with Gasteiger partial charge in [-0.2, -0.15) is 4.68 Å². The van der Waals surface area contributed by atoms with Crippen LogP contribution in [0, 0.1) is 5.82 Å². The molecule has 0 aliphatic carbocycles. The minimum Gasteiger partial charge on any atom is -0.383 e. The SMILES string of the molecule is CN(C)/C=C(\C(=O)c1ccc(F)cc1)c1nnnn1-c1ccc(Cl)cc1. The third-order valence-electron chi connectivity index (χ3n) is 3.52. The molecule has 132 valence electrons. The van der Waals surface area contributed by atoms with Gasteiger partial charge in [0, 0.05) is 30.9 Å². The predicted octanol–water partition coefficient (Wildman–Crippen LogP) is 3.24. The zero-order valence-electron chi connectivity index (χ0n) is 14.1. The van der Waals surface area contributed by atoms with E-state index in [0.29, 0.717) is 16.3 Å². The molecule has 0 saturated carbocycles. The van der Waals surface area contributed by atoms with E-state index in [2.05, 4.69) is 15.5 Å². The number of halogens is 2. The highest BCUT2D eigenvalue weighted by Gasteiger charge is 2.22. The van der Waals surface area contributed by atoms with Gasteiger partial charge in [0.1, 0.15) is 5.82 Å². The zero-order chi connectivity index (χ0) is 18.7. The lowest BCUT2D eigenvalue weighted by molar-refractivity contribution is 0.105. The fraction of sp³-hybridized carbons (Fsp3) is 0.111. The van der Waals surface area contributed by atoms with Crippen LogP contribution in [0.5, 0.6) is 0 Å². The van der Waals surface area contributed by atoms with Gasteiger partial charge < -0.3 is 4.90 Å². The summed E-state index contributed by atoms with van der Waals surface area (Å²) in [4.78, 5) is 14.7. The number of Topliss-reactive ketones (excluding diaryl/α,β-unsaturated/α-hetero) is 1. The van der Waals surface area contributed by atoms with Crippen LogP contribution in [0.1, 0.15) is 16.2 Å². The summed E-state index contributed by atoms with van der Waals surface area (Å²) in [6.45, 7) is 0. The number of nitrogens with zero attached hydrogens (tertiary/aromatic N) is 5. The largest absolute Gasteiger partial charge is 0.383 e. The summed E-state index contributed by atoms with van der Waals surface area (Å²) in [5, 5.41) is 12.3. The maximum Gasteiger partial charge on any atom is 0.198 e. The van der Waals surface area contributed by atoms with Crippen molar-refractivity contribution < 1.29 is 9.18 Å². The van der Waals surface area contributed by atoms with Crippen molar-refractivity contribution >= 4 is 23.0 Å². The van der Waals surface area contributed by atoms with Crippen molar-refractivity contribution in [2.75, 3.05) is 14.1 Å². The monoisotopic (exact) mass is 371 g/mol. The number of tetrazole rings is 1. The Hall–Kier alpha value is -3.06. The van der Waals surface area contributed by atoms with Crippen molar-refractivity contribution in [2.45, 2.75) is 0 Å². The van der Waals surface area contributed by atoms with Gasteiger partial charge in [-0.25, -0.2) is 4.39 Å². The lowest BCUT2D eigenvalue weighted by Crippen LogP contribution is -2.13. The molecule has 0 saturated heterocycles. The van der Waals surface area contributed by atoms with Gasteiger partial charge in [-0.05, 0) is 59.0 Å². The molecule has 0 radical (unpaired) electrons. The summed E-state index contributed by atoms with van der Waals surface area (Å²) in [7, 11) is 3.57. The number of aromatic nitrogens is 4. The van der Waals surface area contributed by atoms with Gasteiger partial charge in [0.2, 0.25) is 0 Å². The normalized spacial score (nSPS) is 11.5. The first-order valence-corrected chi connectivity index (χ1v) is 8.06. The molecule has 2 aromatic carbocycles. The Labute approximate surface area is 154 Å².